The van der Waals surface area contributed by atoms with Gasteiger partial charge in [0.25, 0.3) is 0 Å². The van der Waals surface area contributed by atoms with Crippen LogP contribution in [0.5, 0.6) is 0 Å². The molecule has 5 nitrogen and oxygen atoms in total. The van der Waals surface area contributed by atoms with Gasteiger partial charge in [-0.05, 0) is 13.5 Å². The first kappa shape index (κ1) is 14.7. The summed E-state index contributed by atoms with van der Waals surface area (Å²) in [6.07, 6.45) is 0.957. The van der Waals surface area contributed by atoms with E-state index >= 15 is 0 Å². The minimum absolute atomic E-state index is 0.0643. The van der Waals surface area contributed by atoms with Gasteiger partial charge in [0.15, 0.2) is 0 Å². The van der Waals surface area contributed by atoms with E-state index in [1.165, 1.54) is 0 Å². The number of likely N-dealkylation sites (N-methyl/N-ethyl adjacent to an activating group) is 1. The molecule has 1 amide bonds. The lowest BCUT2D eigenvalue weighted by atomic mass is 10.1. The minimum atomic E-state index is -0.0688. The largest absolute Gasteiger partial charge is 0.341 e. The zero-order chi connectivity index (χ0) is 13.5. The smallest absolute Gasteiger partial charge is 0.236 e. The lowest BCUT2D eigenvalue weighted by molar-refractivity contribution is -0.135. The SMILES string of the molecule is CCN(CC(=O)N1CCC(=O)CC1)CC(C)C#N. The van der Waals surface area contributed by atoms with E-state index in [1.807, 2.05) is 18.7 Å². The molecule has 0 aromatic carbocycles. The van der Waals surface area contributed by atoms with E-state index in [9.17, 15) is 9.59 Å². The Kier molecular flexibility index (Phi) is 5.79. The molecular weight excluding hydrogens is 230 g/mol. The third-order valence-electron chi connectivity index (χ3n) is 3.23. The van der Waals surface area contributed by atoms with Gasteiger partial charge in [0, 0.05) is 32.5 Å². The number of Topliss-reactive ketones (excluding diaryl/α,β-unsaturated/α-hetero) is 1. The van der Waals surface area contributed by atoms with E-state index in [4.69, 9.17) is 5.26 Å². The highest BCUT2D eigenvalue weighted by Crippen LogP contribution is 2.07. The number of rotatable bonds is 5. The third kappa shape index (κ3) is 4.46. The summed E-state index contributed by atoms with van der Waals surface area (Å²) in [4.78, 5) is 26.9. The van der Waals surface area contributed by atoms with Crippen molar-refractivity contribution in [1.82, 2.24) is 9.80 Å². The van der Waals surface area contributed by atoms with Gasteiger partial charge in [-0.3, -0.25) is 14.5 Å². The first-order chi connectivity index (χ1) is 8.56. The summed E-state index contributed by atoms with van der Waals surface area (Å²) >= 11 is 0. The van der Waals surface area contributed by atoms with Crippen molar-refractivity contribution in [1.29, 1.82) is 5.26 Å². The number of hydrogen-bond donors (Lipinski definition) is 0. The van der Waals surface area contributed by atoms with Gasteiger partial charge < -0.3 is 4.90 Å². The minimum Gasteiger partial charge on any atom is -0.341 e. The lowest BCUT2D eigenvalue weighted by Gasteiger charge is -2.29. The fraction of sp³-hybridized carbons (Fsp3) is 0.769. The standard InChI is InChI=1S/C13H21N3O2/c1-3-15(9-11(2)8-14)10-13(18)16-6-4-12(17)5-7-16/h11H,3-7,9-10H2,1-2H3. The molecule has 0 N–H and O–H groups in total. The first-order valence-electron chi connectivity index (χ1n) is 6.48. The molecule has 0 spiro atoms. The molecule has 0 aliphatic carbocycles. The van der Waals surface area contributed by atoms with Gasteiger partial charge in [0.1, 0.15) is 5.78 Å². The van der Waals surface area contributed by atoms with E-state index in [1.54, 1.807) is 4.90 Å². The highest BCUT2D eigenvalue weighted by atomic mass is 16.2. The zero-order valence-corrected chi connectivity index (χ0v) is 11.2. The molecule has 1 fully saturated rings. The molecule has 0 saturated carbocycles. The molecule has 1 aliphatic heterocycles. The summed E-state index contributed by atoms with van der Waals surface area (Å²) < 4.78 is 0. The molecule has 1 atom stereocenters. The Labute approximate surface area is 108 Å². The highest BCUT2D eigenvalue weighted by Gasteiger charge is 2.22. The van der Waals surface area contributed by atoms with E-state index in [0.717, 1.165) is 6.54 Å². The molecule has 1 saturated heterocycles. The van der Waals surface area contributed by atoms with Crippen LogP contribution in [0.2, 0.25) is 0 Å². The number of carbonyl (C=O) groups excluding carboxylic acids is 2. The van der Waals surface area contributed by atoms with Crippen molar-refractivity contribution in [2.75, 3.05) is 32.7 Å². The number of likely N-dealkylation sites (tertiary alicyclic amines) is 1. The topological polar surface area (TPSA) is 64.4 Å². The second-order valence-corrected chi connectivity index (χ2v) is 4.78. The van der Waals surface area contributed by atoms with E-state index < -0.39 is 0 Å². The fourth-order valence-electron chi connectivity index (χ4n) is 2.03. The zero-order valence-electron chi connectivity index (χ0n) is 11.2. The quantitative estimate of drug-likeness (QED) is 0.720. The van der Waals surface area contributed by atoms with Crippen molar-refractivity contribution in [3.05, 3.63) is 0 Å². The molecule has 0 aromatic rings. The summed E-state index contributed by atoms with van der Waals surface area (Å²) in [6.45, 7) is 6.64. The van der Waals surface area contributed by atoms with Crippen molar-refractivity contribution >= 4 is 11.7 Å². The first-order valence-corrected chi connectivity index (χ1v) is 6.48. The molecule has 1 heterocycles. The van der Waals surface area contributed by atoms with E-state index in [0.29, 0.717) is 39.0 Å². The van der Waals surface area contributed by atoms with E-state index in [2.05, 4.69) is 6.07 Å². The third-order valence-corrected chi connectivity index (χ3v) is 3.23. The summed E-state index contributed by atoms with van der Waals surface area (Å²) in [5.74, 6) is 0.236. The Morgan fingerprint density at radius 2 is 2.11 bits per heavy atom. The maximum absolute atomic E-state index is 12.0. The second kappa shape index (κ2) is 7.12. The van der Waals surface area contributed by atoms with Crippen LogP contribution in [-0.2, 0) is 9.59 Å². The summed E-state index contributed by atoms with van der Waals surface area (Å²) in [5, 5.41) is 8.78. The average molecular weight is 251 g/mol. The number of piperidine rings is 1. The Morgan fingerprint density at radius 1 is 1.50 bits per heavy atom. The number of hydrogen-bond acceptors (Lipinski definition) is 4. The molecular formula is C13H21N3O2. The average Bonchev–Trinajstić information content (AvgIpc) is 2.38. The van der Waals surface area contributed by atoms with Crippen molar-refractivity contribution in [3.63, 3.8) is 0 Å². The molecule has 0 bridgehead atoms. The molecule has 1 unspecified atom stereocenters. The summed E-state index contributed by atoms with van der Waals surface area (Å²) in [6, 6.07) is 2.18. The van der Waals surface area contributed by atoms with E-state index in [-0.39, 0.29) is 17.6 Å². The van der Waals surface area contributed by atoms with Crippen LogP contribution in [0.1, 0.15) is 26.7 Å². The Hall–Kier alpha value is -1.41. The van der Waals surface area contributed by atoms with Crippen LogP contribution < -0.4 is 0 Å². The lowest BCUT2D eigenvalue weighted by Crippen LogP contribution is -2.45. The monoisotopic (exact) mass is 251 g/mol. The maximum atomic E-state index is 12.0. The molecule has 0 radical (unpaired) electrons. The van der Waals surface area contributed by atoms with Gasteiger partial charge in [-0.1, -0.05) is 6.92 Å². The van der Waals surface area contributed by atoms with Crippen LogP contribution in [0, 0.1) is 17.2 Å². The number of amides is 1. The van der Waals surface area contributed by atoms with Crippen molar-refractivity contribution in [2.45, 2.75) is 26.7 Å². The van der Waals surface area contributed by atoms with Crippen LogP contribution >= 0.6 is 0 Å². The normalized spacial score (nSPS) is 17.7. The molecule has 5 heteroatoms. The Morgan fingerprint density at radius 3 is 2.61 bits per heavy atom. The Bertz CT molecular complexity index is 339. The molecule has 1 aliphatic rings. The number of ketones is 1. The van der Waals surface area contributed by atoms with Gasteiger partial charge in [0.05, 0.1) is 18.5 Å². The predicted molar refractivity (Wildman–Crippen MR) is 67.7 cm³/mol. The van der Waals surface area contributed by atoms with Crippen molar-refractivity contribution in [2.24, 2.45) is 5.92 Å². The van der Waals surface area contributed by atoms with Gasteiger partial charge in [-0.2, -0.15) is 5.26 Å². The van der Waals surface area contributed by atoms with Crippen LogP contribution in [0.4, 0.5) is 0 Å². The van der Waals surface area contributed by atoms with Crippen LogP contribution in [0.15, 0.2) is 0 Å². The summed E-state index contributed by atoms with van der Waals surface area (Å²) in [5.41, 5.74) is 0. The van der Waals surface area contributed by atoms with Crippen LogP contribution in [0.25, 0.3) is 0 Å². The summed E-state index contributed by atoms with van der Waals surface area (Å²) in [7, 11) is 0. The van der Waals surface area contributed by atoms with Crippen LogP contribution in [-0.4, -0.2) is 54.2 Å². The second-order valence-electron chi connectivity index (χ2n) is 4.78. The molecule has 0 aromatic heterocycles. The number of nitriles is 1. The molecule has 1 rings (SSSR count). The van der Waals surface area contributed by atoms with Gasteiger partial charge >= 0.3 is 0 Å². The molecule has 18 heavy (non-hydrogen) atoms. The van der Waals surface area contributed by atoms with Crippen molar-refractivity contribution in [3.8, 4) is 6.07 Å². The number of carbonyl (C=O) groups is 2. The molecule has 100 valence electrons. The highest BCUT2D eigenvalue weighted by molar-refractivity contribution is 5.84. The number of nitrogens with zero attached hydrogens (tertiary/aromatic N) is 3. The fourth-order valence-corrected chi connectivity index (χ4v) is 2.03. The predicted octanol–water partition coefficient (Wildman–Crippen LogP) is 0.659. The maximum Gasteiger partial charge on any atom is 0.236 e. The van der Waals surface area contributed by atoms with Gasteiger partial charge in [-0.15, -0.1) is 0 Å². The van der Waals surface area contributed by atoms with Gasteiger partial charge in [-0.25, -0.2) is 0 Å². The van der Waals surface area contributed by atoms with Crippen molar-refractivity contribution < 1.29 is 9.59 Å². The Balaban J connectivity index is 2.42. The van der Waals surface area contributed by atoms with Gasteiger partial charge in [0.2, 0.25) is 5.91 Å². The van der Waals surface area contributed by atoms with Crippen LogP contribution in [0.3, 0.4) is 0 Å².